The maximum Gasteiger partial charge on any atom is 0.338 e. The van der Waals surface area contributed by atoms with Gasteiger partial charge in [0.25, 0.3) is 0 Å². The summed E-state index contributed by atoms with van der Waals surface area (Å²) in [6.07, 6.45) is -0.269. The van der Waals surface area contributed by atoms with Crippen LogP contribution in [0.5, 0.6) is 0 Å². The van der Waals surface area contributed by atoms with Crippen molar-refractivity contribution < 1.29 is 28.6 Å². The van der Waals surface area contributed by atoms with Gasteiger partial charge in [-0.1, -0.05) is 6.92 Å². The second-order valence-corrected chi connectivity index (χ2v) is 4.80. The molecule has 0 radical (unpaired) electrons. The van der Waals surface area contributed by atoms with E-state index in [4.69, 9.17) is 0 Å². The summed E-state index contributed by atoms with van der Waals surface area (Å²) in [5.41, 5.74) is -2.08. The SMILES string of the molecule is CCC1(C(=O)O)CC(=O)c2c(C(=O)OC)ccc(F)c2N1. The van der Waals surface area contributed by atoms with Crippen LogP contribution in [0.1, 0.15) is 40.5 Å². The van der Waals surface area contributed by atoms with Crippen molar-refractivity contribution in [1.29, 1.82) is 0 Å². The Labute approximate surface area is 119 Å². The minimum atomic E-state index is -1.57. The van der Waals surface area contributed by atoms with Crippen LogP contribution in [0.4, 0.5) is 10.1 Å². The molecule has 21 heavy (non-hydrogen) atoms. The Balaban J connectivity index is 2.65. The Morgan fingerprint density at radius 1 is 1.48 bits per heavy atom. The number of ketones is 1. The molecule has 1 aromatic rings. The first-order valence-electron chi connectivity index (χ1n) is 6.32. The Kier molecular flexibility index (Phi) is 3.67. The van der Waals surface area contributed by atoms with E-state index in [9.17, 15) is 23.9 Å². The van der Waals surface area contributed by atoms with E-state index in [-0.39, 0.29) is 29.7 Å². The van der Waals surface area contributed by atoms with Crippen LogP contribution in [0.2, 0.25) is 0 Å². The van der Waals surface area contributed by atoms with E-state index < -0.39 is 29.1 Å². The summed E-state index contributed by atoms with van der Waals surface area (Å²) in [6.45, 7) is 1.58. The maximum atomic E-state index is 14.0. The molecule has 1 aliphatic rings. The van der Waals surface area contributed by atoms with Crippen LogP contribution in [0.15, 0.2) is 12.1 Å². The maximum absolute atomic E-state index is 14.0. The van der Waals surface area contributed by atoms with Gasteiger partial charge in [-0.15, -0.1) is 0 Å². The number of carbonyl (C=O) groups is 3. The van der Waals surface area contributed by atoms with Crippen molar-refractivity contribution in [3.8, 4) is 0 Å². The van der Waals surface area contributed by atoms with Crippen LogP contribution in [-0.2, 0) is 9.53 Å². The molecule has 0 aliphatic carbocycles. The number of benzene rings is 1. The van der Waals surface area contributed by atoms with Gasteiger partial charge in [0.1, 0.15) is 11.4 Å². The Morgan fingerprint density at radius 3 is 2.67 bits per heavy atom. The zero-order valence-electron chi connectivity index (χ0n) is 11.5. The van der Waals surface area contributed by atoms with Crippen LogP contribution < -0.4 is 5.32 Å². The zero-order valence-corrected chi connectivity index (χ0v) is 11.5. The molecule has 0 saturated carbocycles. The van der Waals surface area contributed by atoms with Crippen molar-refractivity contribution >= 4 is 23.4 Å². The fraction of sp³-hybridized carbons (Fsp3) is 0.357. The molecule has 112 valence electrons. The lowest BCUT2D eigenvalue weighted by Gasteiger charge is -2.35. The highest BCUT2D eigenvalue weighted by molar-refractivity contribution is 6.14. The molecule has 0 amide bonds. The number of ether oxygens (including phenoxy) is 1. The Bertz CT molecular complexity index is 642. The molecule has 0 saturated heterocycles. The Hall–Kier alpha value is -2.44. The molecule has 1 heterocycles. The smallest absolute Gasteiger partial charge is 0.338 e. The van der Waals surface area contributed by atoms with Gasteiger partial charge in [-0.05, 0) is 18.6 Å². The number of carboxylic acids is 1. The molecule has 7 heteroatoms. The highest BCUT2D eigenvalue weighted by atomic mass is 19.1. The number of nitrogens with one attached hydrogen (secondary N) is 1. The second kappa shape index (κ2) is 5.16. The molecule has 2 N–H and O–H groups in total. The summed E-state index contributed by atoms with van der Waals surface area (Å²) in [4.78, 5) is 35.4. The van der Waals surface area contributed by atoms with Gasteiger partial charge in [-0.25, -0.2) is 14.0 Å². The summed E-state index contributed by atoms with van der Waals surface area (Å²) in [5.74, 6) is -3.41. The molecular formula is C14H14FNO5. The molecule has 2 rings (SSSR count). The topological polar surface area (TPSA) is 92.7 Å². The lowest BCUT2D eigenvalue weighted by molar-refractivity contribution is -0.142. The normalized spacial score (nSPS) is 20.4. The third kappa shape index (κ3) is 2.24. The summed E-state index contributed by atoms with van der Waals surface area (Å²) in [5, 5.41) is 11.9. The first kappa shape index (κ1) is 15.0. The second-order valence-electron chi connectivity index (χ2n) is 4.80. The van der Waals surface area contributed by atoms with Gasteiger partial charge in [0.15, 0.2) is 5.78 Å². The number of hydrogen-bond acceptors (Lipinski definition) is 5. The van der Waals surface area contributed by atoms with E-state index in [2.05, 4.69) is 10.1 Å². The quantitative estimate of drug-likeness (QED) is 0.827. The lowest BCUT2D eigenvalue weighted by Crippen LogP contribution is -2.51. The summed E-state index contributed by atoms with van der Waals surface area (Å²) in [7, 11) is 1.15. The number of fused-ring (bicyclic) bond motifs is 1. The van der Waals surface area contributed by atoms with E-state index in [1.165, 1.54) is 0 Å². The van der Waals surface area contributed by atoms with Crippen LogP contribution in [0.3, 0.4) is 0 Å². The summed E-state index contributed by atoms with van der Waals surface area (Å²) < 4.78 is 18.5. The standard InChI is InChI=1S/C14H14FNO5/c1-3-14(13(19)20)6-9(17)10-7(12(18)21-2)4-5-8(15)11(10)16-14/h4-5,16H,3,6H2,1-2H3,(H,19,20). The van der Waals surface area contributed by atoms with Crippen LogP contribution in [0, 0.1) is 5.82 Å². The van der Waals surface area contributed by atoms with Crippen molar-refractivity contribution in [3.05, 3.63) is 29.1 Å². The fourth-order valence-corrected chi connectivity index (χ4v) is 2.41. The minimum absolute atomic E-state index is 0.0820. The summed E-state index contributed by atoms with van der Waals surface area (Å²) >= 11 is 0. The average Bonchev–Trinajstić information content (AvgIpc) is 2.47. The largest absolute Gasteiger partial charge is 0.479 e. The summed E-state index contributed by atoms with van der Waals surface area (Å²) in [6, 6.07) is 2.15. The highest BCUT2D eigenvalue weighted by Gasteiger charge is 2.45. The third-order valence-electron chi connectivity index (χ3n) is 3.68. The number of halogens is 1. The van der Waals surface area contributed by atoms with Gasteiger partial charge < -0.3 is 15.2 Å². The van der Waals surface area contributed by atoms with E-state index in [1.807, 2.05) is 0 Å². The predicted molar refractivity (Wildman–Crippen MR) is 71.0 cm³/mol. The zero-order chi connectivity index (χ0) is 15.8. The lowest BCUT2D eigenvalue weighted by atomic mass is 9.81. The molecule has 1 atom stereocenters. The first-order valence-corrected chi connectivity index (χ1v) is 6.32. The number of rotatable bonds is 3. The van der Waals surface area contributed by atoms with E-state index in [0.29, 0.717) is 0 Å². The molecule has 1 aliphatic heterocycles. The number of methoxy groups -OCH3 is 1. The van der Waals surface area contributed by atoms with Crippen molar-refractivity contribution in [1.82, 2.24) is 0 Å². The van der Waals surface area contributed by atoms with Gasteiger partial charge in [-0.2, -0.15) is 0 Å². The van der Waals surface area contributed by atoms with Crippen molar-refractivity contribution in [2.45, 2.75) is 25.3 Å². The van der Waals surface area contributed by atoms with Crippen molar-refractivity contribution in [2.24, 2.45) is 0 Å². The number of carboxylic acid groups (broad SMARTS) is 1. The molecule has 1 unspecified atom stereocenters. The predicted octanol–water partition coefficient (Wildman–Crippen LogP) is 1.84. The van der Waals surface area contributed by atoms with Gasteiger partial charge in [-0.3, -0.25) is 4.79 Å². The van der Waals surface area contributed by atoms with E-state index in [1.54, 1.807) is 6.92 Å². The molecule has 0 bridgehead atoms. The monoisotopic (exact) mass is 295 g/mol. The average molecular weight is 295 g/mol. The number of carbonyl (C=O) groups excluding carboxylic acids is 2. The molecule has 0 aromatic heterocycles. The Morgan fingerprint density at radius 2 is 2.14 bits per heavy atom. The highest BCUT2D eigenvalue weighted by Crippen LogP contribution is 2.37. The van der Waals surface area contributed by atoms with Gasteiger partial charge in [0.05, 0.1) is 23.9 Å². The van der Waals surface area contributed by atoms with Crippen molar-refractivity contribution in [2.75, 3.05) is 12.4 Å². The van der Waals surface area contributed by atoms with Gasteiger partial charge in [0.2, 0.25) is 0 Å². The van der Waals surface area contributed by atoms with E-state index in [0.717, 1.165) is 19.2 Å². The molecule has 1 aromatic carbocycles. The number of aliphatic carboxylic acids is 1. The molecule has 6 nitrogen and oxygen atoms in total. The van der Waals surface area contributed by atoms with Gasteiger partial charge >= 0.3 is 11.9 Å². The van der Waals surface area contributed by atoms with Gasteiger partial charge in [0, 0.05) is 6.42 Å². The number of anilines is 1. The van der Waals surface area contributed by atoms with Crippen LogP contribution in [-0.4, -0.2) is 35.5 Å². The van der Waals surface area contributed by atoms with Crippen LogP contribution >= 0.6 is 0 Å². The van der Waals surface area contributed by atoms with Crippen molar-refractivity contribution in [3.63, 3.8) is 0 Å². The molecule has 0 spiro atoms. The first-order chi connectivity index (χ1) is 9.86. The molecular weight excluding hydrogens is 281 g/mol. The number of esters is 1. The third-order valence-corrected chi connectivity index (χ3v) is 3.68. The fourth-order valence-electron chi connectivity index (χ4n) is 2.41. The number of Topliss-reactive ketones (excluding diaryl/α,β-unsaturated/α-hetero) is 1. The molecule has 0 fully saturated rings. The number of hydrogen-bond donors (Lipinski definition) is 2. The van der Waals surface area contributed by atoms with E-state index >= 15 is 0 Å². The van der Waals surface area contributed by atoms with Crippen LogP contribution in [0.25, 0.3) is 0 Å². The minimum Gasteiger partial charge on any atom is -0.479 e.